The lowest BCUT2D eigenvalue weighted by atomic mass is 10.1. The summed E-state index contributed by atoms with van der Waals surface area (Å²) in [7, 11) is 0. The molecule has 24 heavy (non-hydrogen) atoms. The van der Waals surface area contributed by atoms with Crippen LogP contribution in [0.15, 0.2) is 65.1 Å². The Kier molecular flexibility index (Phi) is 4.68. The fraction of sp³-hybridized carbons (Fsp3) is 0.0952. The van der Waals surface area contributed by atoms with E-state index in [2.05, 4.69) is 0 Å². The van der Waals surface area contributed by atoms with Crippen LogP contribution in [0.25, 0.3) is 17.4 Å². The zero-order valence-electron chi connectivity index (χ0n) is 13.5. The fourth-order valence-electron chi connectivity index (χ4n) is 2.32. The van der Waals surface area contributed by atoms with Crippen molar-refractivity contribution in [1.29, 1.82) is 0 Å². The predicted molar refractivity (Wildman–Crippen MR) is 98.4 cm³/mol. The molecule has 1 aromatic heterocycles. The molecule has 0 saturated heterocycles. The van der Waals surface area contributed by atoms with Crippen LogP contribution in [0.4, 0.5) is 0 Å². The van der Waals surface area contributed by atoms with E-state index in [9.17, 15) is 4.79 Å². The summed E-state index contributed by atoms with van der Waals surface area (Å²) in [5.74, 6) is 1.30. The van der Waals surface area contributed by atoms with E-state index in [1.165, 1.54) is 6.08 Å². The van der Waals surface area contributed by atoms with Crippen LogP contribution in [-0.2, 0) is 0 Å². The van der Waals surface area contributed by atoms with E-state index in [0.29, 0.717) is 16.3 Å². The van der Waals surface area contributed by atoms with Crippen molar-refractivity contribution in [3.63, 3.8) is 0 Å². The molecule has 0 atom stereocenters. The van der Waals surface area contributed by atoms with Crippen molar-refractivity contribution in [3.8, 4) is 11.3 Å². The van der Waals surface area contributed by atoms with Crippen molar-refractivity contribution in [1.82, 2.24) is 0 Å². The van der Waals surface area contributed by atoms with Crippen molar-refractivity contribution >= 4 is 23.5 Å². The minimum Gasteiger partial charge on any atom is -0.457 e. The monoisotopic (exact) mass is 336 g/mol. The van der Waals surface area contributed by atoms with Gasteiger partial charge in [0.25, 0.3) is 0 Å². The Morgan fingerprint density at radius 3 is 2.46 bits per heavy atom. The Morgan fingerprint density at radius 1 is 1.00 bits per heavy atom. The maximum Gasteiger partial charge on any atom is 0.185 e. The van der Waals surface area contributed by atoms with Gasteiger partial charge in [0, 0.05) is 16.1 Å². The Labute approximate surface area is 146 Å². The van der Waals surface area contributed by atoms with Crippen LogP contribution in [0.1, 0.15) is 27.2 Å². The molecule has 0 saturated carbocycles. The highest BCUT2D eigenvalue weighted by molar-refractivity contribution is 6.31. The number of rotatable bonds is 4. The van der Waals surface area contributed by atoms with Crippen LogP contribution >= 0.6 is 11.6 Å². The van der Waals surface area contributed by atoms with Crippen LogP contribution in [0.2, 0.25) is 5.02 Å². The molecule has 0 unspecified atom stereocenters. The number of allylic oxidation sites excluding steroid dienone is 1. The maximum atomic E-state index is 12.1. The Hall–Kier alpha value is -2.58. The first-order valence-electron chi connectivity index (χ1n) is 7.68. The van der Waals surface area contributed by atoms with Gasteiger partial charge in [-0.15, -0.1) is 0 Å². The van der Waals surface area contributed by atoms with Crippen LogP contribution < -0.4 is 0 Å². The highest BCUT2D eigenvalue weighted by Gasteiger charge is 2.06. The summed E-state index contributed by atoms with van der Waals surface area (Å²) in [5, 5.41) is 0.704. The molecule has 1 heterocycles. The zero-order chi connectivity index (χ0) is 17.1. The number of hydrogen-bond donors (Lipinski definition) is 0. The van der Waals surface area contributed by atoms with Gasteiger partial charge in [-0.25, -0.2) is 0 Å². The number of ketones is 1. The molecule has 0 spiro atoms. The SMILES string of the molecule is Cc1ccc(C(=O)/C=C/c2ccc(-c3ccc(C)c(Cl)c3)o2)cc1. The minimum absolute atomic E-state index is 0.0497. The molecule has 3 aromatic rings. The van der Waals surface area contributed by atoms with Gasteiger partial charge < -0.3 is 4.42 Å². The lowest BCUT2D eigenvalue weighted by Gasteiger charge is -2.00. The van der Waals surface area contributed by atoms with Gasteiger partial charge in [-0.2, -0.15) is 0 Å². The third-order valence-electron chi connectivity index (χ3n) is 3.82. The average Bonchev–Trinajstić information content (AvgIpc) is 3.05. The number of hydrogen-bond acceptors (Lipinski definition) is 2. The van der Waals surface area contributed by atoms with E-state index in [1.54, 1.807) is 6.08 Å². The van der Waals surface area contributed by atoms with Gasteiger partial charge in [0.15, 0.2) is 5.78 Å². The molecule has 0 bridgehead atoms. The van der Waals surface area contributed by atoms with Gasteiger partial charge in [-0.3, -0.25) is 4.79 Å². The van der Waals surface area contributed by atoms with Crippen LogP contribution in [0.3, 0.4) is 0 Å². The van der Waals surface area contributed by atoms with Gasteiger partial charge in [0.1, 0.15) is 11.5 Å². The number of carbonyl (C=O) groups excluding carboxylic acids is 1. The van der Waals surface area contributed by atoms with Gasteiger partial charge in [0.05, 0.1) is 0 Å². The molecule has 2 aromatic carbocycles. The first-order valence-corrected chi connectivity index (χ1v) is 8.06. The molecular formula is C21H17ClO2. The smallest absolute Gasteiger partial charge is 0.185 e. The molecule has 0 aliphatic heterocycles. The Balaban J connectivity index is 1.77. The average molecular weight is 337 g/mol. The summed E-state index contributed by atoms with van der Waals surface area (Å²) in [4.78, 5) is 12.1. The van der Waals surface area contributed by atoms with E-state index in [-0.39, 0.29) is 5.78 Å². The third-order valence-corrected chi connectivity index (χ3v) is 4.23. The second kappa shape index (κ2) is 6.90. The van der Waals surface area contributed by atoms with Crippen molar-refractivity contribution in [2.45, 2.75) is 13.8 Å². The van der Waals surface area contributed by atoms with E-state index in [4.69, 9.17) is 16.0 Å². The number of halogens is 1. The topological polar surface area (TPSA) is 30.2 Å². The lowest BCUT2D eigenvalue weighted by Crippen LogP contribution is -1.93. The lowest BCUT2D eigenvalue weighted by molar-refractivity contribution is 0.104. The molecule has 0 fully saturated rings. The standard InChI is InChI=1S/C21H17ClO2/c1-14-3-6-16(7-4-14)20(23)11-9-18-10-12-21(24-18)17-8-5-15(2)19(22)13-17/h3-13H,1-2H3/b11-9+. The fourth-order valence-corrected chi connectivity index (χ4v) is 2.50. The molecule has 120 valence electrons. The Bertz CT molecular complexity index is 902. The molecule has 3 heteroatoms. The molecule has 0 aliphatic carbocycles. The Morgan fingerprint density at radius 2 is 1.75 bits per heavy atom. The van der Waals surface area contributed by atoms with Gasteiger partial charge >= 0.3 is 0 Å². The molecular weight excluding hydrogens is 320 g/mol. The highest BCUT2D eigenvalue weighted by atomic mass is 35.5. The molecule has 3 rings (SSSR count). The van der Waals surface area contributed by atoms with Gasteiger partial charge in [-0.1, -0.05) is 53.6 Å². The van der Waals surface area contributed by atoms with E-state index < -0.39 is 0 Å². The molecule has 0 N–H and O–H groups in total. The maximum absolute atomic E-state index is 12.1. The summed E-state index contributed by atoms with van der Waals surface area (Å²) < 4.78 is 5.77. The van der Waals surface area contributed by atoms with Gasteiger partial charge in [0.2, 0.25) is 0 Å². The summed E-state index contributed by atoms with van der Waals surface area (Å²) >= 11 is 6.15. The summed E-state index contributed by atoms with van der Waals surface area (Å²) in [6.07, 6.45) is 3.21. The van der Waals surface area contributed by atoms with Crippen molar-refractivity contribution in [2.75, 3.05) is 0 Å². The molecule has 0 radical (unpaired) electrons. The number of furan rings is 1. The van der Waals surface area contributed by atoms with Crippen LogP contribution in [0, 0.1) is 13.8 Å². The molecule has 2 nitrogen and oxygen atoms in total. The van der Waals surface area contributed by atoms with Gasteiger partial charge in [-0.05, 0) is 49.8 Å². The summed E-state index contributed by atoms with van der Waals surface area (Å²) in [5.41, 5.74) is 3.72. The predicted octanol–water partition coefficient (Wildman–Crippen LogP) is 6.11. The van der Waals surface area contributed by atoms with E-state index in [0.717, 1.165) is 22.5 Å². The quantitative estimate of drug-likeness (QED) is 0.425. The van der Waals surface area contributed by atoms with E-state index >= 15 is 0 Å². The first-order chi connectivity index (χ1) is 11.5. The number of benzene rings is 2. The normalized spacial score (nSPS) is 11.1. The number of aryl methyl sites for hydroxylation is 2. The zero-order valence-corrected chi connectivity index (χ0v) is 14.3. The molecule has 0 aliphatic rings. The second-order valence-electron chi connectivity index (χ2n) is 5.73. The minimum atomic E-state index is -0.0497. The second-order valence-corrected chi connectivity index (χ2v) is 6.14. The summed E-state index contributed by atoms with van der Waals surface area (Å²) in [6.45, 7) is 3.95. The summed E-state index contributed by atoms with van der Waals surface area (Å²) in [6, 6.07) is 17.0. The van der Waals surface area contributed by atoms with Crippen LogP contribution in [0.5, 0.6) is 0 Å². The number of carbonyl (C=O) groups is 1. The van der Waals surface area contributed by atoms with Crippen molar-refractivity contribution in [2.24, 2.45) is 0 Å². The molecule has 0 amide bonds. The largest absolute Gasteiger partial charge is 0.457 e. The van der Waals surface area contributed by atoms with Crippen molar-refractivity contribution in [3.05, 3.63) is 88.1 Å². The van der Waals surface area contributed by atoms with Crippen molar-refractivity contribution < 1.29 is 9.21 Å². The van der Waals surface area contributed by atoms with E-state index in [1.807, 2.05) is 68.4 Å². The first kappa shape index (κ1) is 16.3. The third kappa shape index (κ3) is 3.66. The highest BCUT2D eigenvalue weighted by Crippen LogP contribution is 2.27. The van der Waals surface area contributed by atoms with Crippen LogP contribution in [-0.4, -0.2) is 5.78 Å².